The van der Waals surface area contributed by atoms with Crippen LogP contribution in [0.1, 0.15) is 50.4 Å². The molecule has 0 spiro atoms. The summed E-state index contributed by atoms with van der Waals surface area (Å²) in [6.07, 6.45) is 11.0. The molecule has 4 rings (SSSR count). The summed E-state index contributed by atoms with van der Waals surface area (Å²) in [6, 6.07) is 4.68. The van der Waals surface area contributed by atoms with Crippen molar-refractivity contribution in [1.29, 1.82) is 0 Å². The number of pyridine rings is 1. The van der Waals surface area contributed by atoms with Crippen molar-refractivity contribution in [2.24, 2.45) is 5.92 Å². The van der Waals surface area contributed by atoms with Crippen molar-refractivity contribution in [2.75, 3.05) is 13.1 Å². The summed E-state index contributed by atoms with van der Waals surface area (Å²) in [5.41, 5.74) is 2.17. The van der Waals surface area contributed by atoms with E-state index in [9.17, 15) is 0 Å². The molecular weight excluding hydrogens is 260 g/mol. The van der Waals surface area contributed by atoms with E-state index in [1.54, 1.807) is 0 Å². The van der Waals surface area contributed by atoms with Crippen molar-refractivity contribution in [3.8, 4) is 0 Å². The van der Waals surface area contributed by atoms with E-state index in [0.717, 1.165) is 36.6 Å². The van der Waals surface area contributed by atoms with E-state index >= 15 is 0 Å². The molecule has 0 aromatic carbocycles. The summed E-state index contributed by atoms with van der Waals surface area (Å²) < 4.78 is 2.47. The van der Waals surface area contributed by atoms with Crippen molar-refractivity contribution < 1.29 is 0 Å². The topological polar surface area (TPSA) is 42.7 Å². The van der Waals surface area contributed by atoms with Gasteiger partial charge in [0.05, 0.1) is 0 Å². The molecule has 3 heterocycles. The van der Waals surface area contributed by atoms with Gasteiger partial charge < -0.3 is 9.88 Å². The Hall–Kier alpha value is -1.42. The molecule has 21 heavy (non-hydrogen) atoms. The highest BCUT2D eigenvalue weighted by molar-refractivity contribution is 5.71. The van der Waals surface area contributed by atoms with Crippen LogP contribution in [-0.2, 0) is 6.42 Å². The van der Waals surface area contributed by atoms with Crippen LogP contribution in [-0.4, -0.2) is 27.6 Å². The molecule has 4 heteroatoms. The van der Waals surface area contributed by atoms with Crippen LogP contribution in [0.15, 0.2) is 18.3 Å². The zero-order chi connectivity index (χ0) is 14.1. The van der Waals surface area contributed by atoms with Gasteiger partial charge in [-0.25, -0.2) is 9.97 Å². The summed E-state index contributed by atoms with van der Waals surface area (Å²) >= 11 is 0. The average Bonchev–Trinajstić information content (AvgIpc) is 3.15. The Morgan fingerprint density at radius 1 is 1.14 bits per heavy atom. The van der Waals surface area contributed by atoms with E-state index < -0.39 is 0 Å². The molecule has 0 unspecified atom stereocenters. The third-order valence-corrected chi connectivity index (χ3v) is 5.14. The number of imidazole rings is 1. The summed E-state index contributed by atoms with van der Waals surface area (Å²) in [4.78, 5) is 9.56. The molecule has 0 bridgehead atoms. The Morgan fingerprint density at radius 3 is 2.76 bits per heavy atom. The van der Waals surface area contributed by atoms with Gasteiger partial charge in [-0.15, -0.1) is 0 Å². The maximum absolute atomic E-state index is 4.93. The van der Waals surface area contributed by atoms with Gasteiger partial charge in [-0.05, 0) is 44.0 Å². The highest BCUT2D eigenvalue weighted by Gasteiger charge is 2.24. The quantitative estimate of drug-likeness (QED) is 0.942. The maximum Gasteiger partial charge on any atom is 0.160 e. The van der Waals surface area contributed by atoms with Crippen molar-refractivity contribution in [3.63, 3.8) is 0 Å². The average molecular weight is 284 g/mol. The first kappa shape index (κ1) is 13.3. The Labute approximate surface area is 126 Å². The van der Waals surface area contributed by atoms with E-state index in [0.29, 0.717) is 6.04 Å². The zero-order valence-corrected chi connectivity index (χ0v) is 12.6. The summed E-state index contributed by atoms with van der Waals surface area (Å²) in [5.74, 6) is 2.12. The van der Waals surface area contributed by atoms with Gasteiger partial charge in [-0.1, -0.05) is 25.7 Å². The van der Waals surface area contributed by atoms with Gasteiger partial charge in [-0.3, -0.25) is 0 Å². The molecule has 1 aliphatic heterocycles. The fourth-order valence-electron chi connectivity index (χ4n) is 4.04. The molecule has 1 N–H and O–H groups in total. The summed E-state index contributed by atoms with van der Waals surface area (Å²) in [7, 11) is 0. The minimum atomic E-state index is 0.572. The van der Waals surface area contributed by atoms with Crippen LogP contribution < -0.4 is 5.32 Å². The van der Waals surface area contributed by atoms with Crippen molar-refractivity contribution in [3.05, 3.63) is 24.2 Å². The van der Waals surface area contributed by atoms with Gasteiger partial charge >= 0.3 is 0 Å². The number of piperidine rings is 1. The zero-order valence-electron chi connectivity index (χ0n) is 12.6. The predicted molar refractivity (Wildman–Crippen MR) is 84.3 cm³/mol. The lowest BCUT2D eigenvalue weighted by Crippen LogP contribution is -2.30. The highest BCUT2D eigenvalue weighted by Crippen LogP contribution is 2.31. The number of rotatable bonds is 3. The third kappa shape index (κ3) is 2.57. The maximum atomic E-state index is 4.93. The number of nitrogens with one attached hydrogen (secondary N) is 1. The molecule has 112 valence electrons. The molecule has 1 aliphatic carbocycles. The van der Waals surface area contributed by atoms with Gasteiger partial charge in [0, 0.05) is 18.7 Å². The Balaban J connectivity index is 1.72. The fourth-order valence-corrected chi connectivity index (χ4v) is 4.04. The Bertz CT molecular complexity index is 606. The molecule has 1 saturated carbocycles. The second-order valence-electron chi connectivity index (χ2n) is 6.58. The Kier molecular flexibility index (Phi) is 3.63. The van der Waals surface area contributed by atoms with E-state index in [1.807, 2.05) is 12.3 Å². The number of nitrogens with zero attached hydrogens (tertiary/aromatic N) is 3. The van der Waals surface area contributed by atoms with Crippen molar-refractivity contribution in [2.45, 2.75) is 51.0 Å². The smallest absolute Gasteiger partial charge is 0.160 e. The van der Waals surface area contributed by atoms with Crippen LogP contribution in [0.25, 0.3) is 11.2 Å². The summed E-state index contributed by atoms with van der Waals surface area (Å²) in [5, 5.41) is 3.46. The largest absolute Gasteiger partial charge is 0.317 e. The second-order valence-corrected chi connectivity index (χ2v) is 6.58. The first-order valence-corrected chi connectivity index (χ1v) is 8.44. The normalized spacial score (nSPS) is 21.3. The van der Waals surface area contributed by atoms with Gasteiger partial charge in [0.25, 0.3) is 0 Å². The lowest BCUT2D eigenvalue weighted by Gasteiger charge is -2.26. The van der Waals surface area contributed by atoms with E-state index in [2.05, 4.69) is 20.9 Å². The summed E-state index contributed by atoms with van der Waals surface area (Å²) in [6.45, 7) is 2.22. The molecule has 2 aromatic heterocycles. The van der Waals surface area contributed by atoms with Crippen LogP contribution in [0.2, 0.25) is 0 Å². The van der Waals surface area contributed by atoms with Gasteiger partial charge in [0.15, 0.2) is 5.65 Å². The number of aromatic nitrogens is 3. The highest BCUT2D eigenvalue weighted by atomic mass is 15.2. The number of fused-ring (bicyclic) bond motifs is 1. The third-order valence-electron chi connectivity index (χ3n) is 5.14. The van der Waals surface area contributed by atoms with Gasteiger partial charge in [-0.2, -0.15) is 0 Å². The monoisotopic (exact) mass is 284 g/mol. The minimum absolute atomic E-state index is 0.572. The van der Waals surface area contributed by atoms with E-state index in [4.69, 9.17) is 4.98 Å². The standard InChI is InChI=1S/C17H24N4/c1-2-5-13(4-1)12-16-20-15-6-3-9-19-17(15)21(16)14-7-10-18-11-8-14/h3,6,9,13-14,18H,1-2,4-5,7-8,10-12H2. The minimum Gasteiger partial charge on any atom is -0.317 e. The van der Waals surface area contributed by atoms with Crippen LogP contribution in [0.5, 0.6) is 0 Å². The van der Waals surface area contributed by atoms with Crippen LogP contribution in [0, 0.1) is 5.92 Å². The van der Waals surface area contributed by atoms with Crippen LogP contribution in [0.3, 0.4) is 0 Å². The van der Waals surface area contributed by atoms with E-state index in [-0.39, 0.29) is 0 Å². The van der Waals surface area contributed by atoms with Gasteiger partial charge in [0.2, 0.25) is 0 Å². The first-order valence-electron chi connectivity index (χ1n) is 8.44. The molecule has 1 saturated heterocycles. The molecule has 2 aromatic rings. The molecular formula is C17H24N4. The second kappa shape index (κ2) is 5.76. The number of hydrogen-bond acceptors (Lipinski definition) is 3. The lowest BCUT2D eigenvalue weighted by atomic mass is 10.0. The van der Waals surface area contributed by atoms with Gasteiger partial charge in [0.1, 0.15) is 11.3 Å². The molecule has 0 radical (unpaired) electrons. The Morgan fingerprint density at radius 2 is 1.95 bits per heavy atom. The molecule has 2 fully saturated rings. The molecule has 2 aliphatic rings. The fraction of sp³-hybridized carbons (Fsp3) is 0.647. The van der Waals surface area contributed by atoms with E-state index in [1.165, 1.54) is 44.3 Å². The first-order chi connectivity index (χ1) is 10.4. The van der Waals surface area contributed by atoms with Crippen LogP contribution >= 0.6 is 0 Å². The van der Waals surface area contributed by atoms with Crippen LogP contribution in [0.4, 0.5) is 0 Å². The molecule has 0 atom stereocenters. The predicted octanol–water partition coefficient (Wildman–Crippen LogP) is 3.09. The molecule has 0 amide bonds. The molecule has 4 nitrogen and oxygen atoms in total. The van der Waals surface area contributed by atoms with Crippen molar-refractivity contribution >= 4 is 11.2 Å². The van der Waals surface area contributed by atoms with Crippen molar-refractivity contribution in [1.82, 2.24) is 19.9 Å². The SMILES string of the molecule is c1cnc2c(c1)nc(CC1CCCC1)n2C1CCNCC1. The lowest BCUT2D eigenvalue weighted by molar-refractivity contribution is 0.359. The number of hydrogen-bond donors (Lipinski definition) is 1.